The first kappa shape index (κ1) is 15.9. The van der Waals surface area contributed by atoms with Gasteiger partial charge in [0, 0.05) is 25.7 Å². The summed E-state index contributed by atoms with van der Waals surface area (Å²) in [7, 11) is 3.86. The van der Waals surface area contributed by atoms with Crippen LogP contribution in [-0.2, 0) is 4.74 Å². The molecule has 0 saturated heterocycles. The molecule has 3 nitrogen and oxygen atoms in total. The zero-order valence-corrected chi connectivity index (χ0v) is 12.7. The van der Waals surface area contributed by atoms with Gasteiger partial charge < -0.3 is 10.1 Å². The highest BCUT2D eigenvalue weighted by Crippen LogP contribution is 2.26. The Labute approximate surface area is 113 Å². The second kappa shape index (κ2) is 8.89. The molecule has 108 valence electrons. The van der Waals surface area contributed by atoms with Gasteiger partial charge in [-0.15, -0.1) is 0 Å². The minimum absolute atomic E-state index is 0.529. The molecule has 0 radical (unpaired) electrons. The normalized spacial score (nSPS) is 19.0. The number of nitrogens with zero attached hydrogens (tertiary/aromatic N) is 1. The van der Waals surface area contributed by atoms with Gasteiger partial charge in [-0.05, 0) is 38.8 Å². The van der Waals surface area contributed by atoms with Crippen LogP contribution in [0.2, 0.25) is 0 Å². The molecule has 0 heterocycles. The van der Waals surface area contributed by atoms with Crippen LogP contribution in [-0.4, -0.2) is 50.8 Å². The van der Waals surface area contributed by atoms with E-state index >= 15 is 0 Å². The van der Waals surface area contributed by atoms with Gasteiger partial charge >= 0.3 is 0 Å². The van der Waals surface area contributed by atoms with Crippen LogP contribution in [0.4, 0.5) is 0 Å². The predicted octanol–water partition coefficient (Wildman–Crippen LogP) is 2.51. The van der Waals surface area contributed by atoms with Crippen LogP contribution in [0.5, 0.6) is 0 Å². The minimum atomic E-state index is 0.529. The molecule has 1 rings (SSSR count). The average Bonchev–Trinajstić information content (AvgIpc) is 2.83. The lowest BCUT2D eigenvalue weighted by Crippen LogP contribution is -2.49. The van der Waals surface area contributed by atoms with Gasteiger partial charge in [0.15, 0.2) is 0 Å². The second-order valence-corrected chi connectivity index (χ2v) is 6.03. The Morgan fingerprint density at radius 1 is 1.28 bits per heavy atom. The van der Waals surface area contributed by atoms with Gasteiger partial charge in [-0.1, -0.05) is 26.7 Å². The summed E-state index contributed by atoms with van der Waals surface area (Å²) in [6.07, 6.45) is 6.86. The van der Waals surface area contributed by atoms with Crippen molar-refractivity contribution in [3.8, 4) is 0 Å². The summed E-state index contributed by atoms with van der Waals surface area (Å²) in [5.41, 5.74) is 0. The molecule has 1 aliphatic rings. The van der Waals surface area contributed by atoms with Gasteiger partial charge in [0.2, 0.25) is 0 Å². The molecular weight excluding hydrogens is 224 g/mol. The summed E-state index contributed by atoms with van der Waals surface area (Å²) in [5, 5.41) is 3.32. The lowest BCUT2D eigenvalue weighted by Gasteiger charge is -2.36. The molecule has 1 aliphatic carbocycles. The van der Waals surface area contributed by atoms with E-state index in [2.05, 4.69) is 24.1 Å². The number of hydrogen-bond acceptors (Lipinski definition) is 3. The highest BCUT2D eigenvalue weighted by atomic mass is 16.5. The maximum absolute atomic E-state index is 5.42. The van der Waals surface area contributed by atoms with Gasteiger partial charge in [0.25, 0.3) is 0 Å². The SMILES string of the molecule is CNCC(COC)N(CCC(C)C)C1CCCC1. The first-order valence-electron chi connectivity index (χ1n) is 7.58. The Hall–Kier alpha value is -0.120. The van der Waals surface area contributed by atoms with E-state index in [0.29, 0.717) is 6.04 Å². The third-order valence-corrected chi connectivity index (χ3v) is 4.03. The summed E-state index contributed by atoms with van der Waals surface area (Å²) < 4.78 is 5.42. The number of hydrogen-bond donors (Lipinski definition) is 1. The Kier molecular flexibility index (Phi) is 7.87. The van der Waals surface area contributed by atoms with Crippen molar-refractivity contribution in [1.29, 1.82) is 0 Å². The Morgan fingerprint density at radius 3 is 2.44 bits per heavy atom. The van der Waals surface area contributed by atoms with Crippen LogP contribution in [0.15, 0.2) is 0 Å². The van der Waals surface area contributed by atoms with E-state index in [1.165, 1.54) is 38.6 Å². The van der Waals surface area contributed by atoms with Gasteiger partial charge in [0.1, 0.15) is 0 Å². The average molecular weight is 256 g/mol. The third kappa shape index (κ3) is 5.25. The Morgan fingerprint density at radius 2 is 1.94 bits per heavy atom. The van der Waals surface area contributed by atoms with E-state index in [9.17, 15) is 0 Å². The molecule has 1 fully saturated rings. The van der Waals surface area contributed by atoms with Gasteiger partial charge in [-0.3, -0.25) is 4.90 Å². The molecule has 3 heteroatoms. The second-order valence-electron chi connectivity index (χ2n) is 6.03. The molecule has 0 amide bonds. The fourth-order valence-corrected chi connectivity index (χ4v) is 3.01. The molecule has 0 aliphatic heterocycles. The van der Waals surface area contributed by atoms with Crippen LogP contribution < -0.4 is 5.32 Å². The molecule has 0 bridgehead atoms. The summed E-state index contributed by atoms with van der Waals surface area (Å²) >= 11 is 0. The van der Waals surface area contributed by atoms with Crippen molar-refractivity contribution < 1.29 is 4.74 Å². The van der Waals surface area contributed by atoms with E-state index in [-0.39, 0.29) is 0 Å². The summed E-state index contributed by atoms with van der Waals surface area (Å²) in [4.78, 5) is 2.72. The van der Waals surface area contributed by atoms with Crippen LogP contribution in [0.1, 0.15) is 46.0 Å². The van der Waals surface area contributed by atoms with Gasteiger partial charge in [0.05, 0.1) is 6.61 Å². The van der Waals surface area contributed by atoms with Crippen molar-refractivity contribution in [2.45, 2.75) is 58.0 Å². The van der Waals surface area contributed by atoms with Crippen molar-refractivity contribution in [3.05, 3.63) is 0 Å². The van der Waals surface area contributed by atoms with E-state index in [1.54, 1.807) is 0 Å². The van der Waals surface area contributed by atoms with Gasteiger partial charge in [-0.25, -0.2) is 0 Å². The minimum Gasteiger partial charge on any atom is -0.383 e. The predicted molar refractivity (Wildman–Crippen MR) is 78.0 cm³/mol. The first-order valence-corrected chi connectivity index (χ1v) is 7.58. The standard InChI is InChI=1S/C15H32N2O/c1-13(2)9-10-17(14-7-5-6-8-14)15(11-16-3)12-18-4/h13-16H,5-12H2,1-4H3. The van der Waals surface area contributed by atoms with Crippen molar-refractivity contribution in [1.82, 2.24) is 10.2 Å². The molecule has 1 atom stereocenters. The fraction of sp³-hybridized carbons (Fsp3) is 1.00. The summed E-state index contributed by atoms with van der Waals surface area (Å²) in [6, 6.07) is 1.32. The molecule has 1 N–H and O–H groups in total. The quantitative estimate of drug-likeness (QED) is 0.686. The lowest BCUT2D eigenvalue weighted by molar-refractivity contribution is 0.0587. The molecule has 0 aromatic heterocycles. The highest BCUT2D eigenvalue weighted by molar-refractivity contribution is 4.84. The van der Waals surface area contributed by atoms with E-state index in [1.807, 2.05) is 14.2 Å². The molecule has 1 saturated carbocycles. The van der Waals surface area contributed by atoms with Crippen molar-refractivity contribution in [2.24, 2.45) is 5.92 Å². The Bertz CT molecular complexity index is 197. The van der Waals surface area contributed by atoms with E-state index < -0.39 is 0 Å². The van der Waals surface area contributed by atoms with Crippen molar-refractivity contribution in [3.63, 3.8) is 0 Å². The molecule has 0 aromatic rings. The highest BCUT2D eigenvalue weighted by Gasteiger charge is 2.28. The number of nitrogens with one attached hydrogen (secondary N) is 1. The number of ether oxygens (including phenoxy) is 1. The van der Waals surface area contributed by atoms with Crippen LogP contribution in [0, 0.1) is 5.92 Å². The van der Waals surface area contributed by atoms with Crippen molar-refractivity contribution in [2.75, 3.05) is 33.9 Å². The van der Waals surface area contributed by atoms with Crippen LogP contribution in [0.3, 0.4) is 0 Å². The molecular formula is C15H32N2O. The van der Waals surface area contributed by atoms with Crippen LogP contribution in [0.25, 0.3) is 0 Å². The molecule has 0 spiro atoms. The maximum atomic E-state index is 5.42. The molecule has 1 unspecified atom stereocenters. The largest absolute Gasteiger partial charge is 0.383 e. The van der Waals surface area contributed by atoms with E-state index in [0.717, 1.165) is 25.1 Å². The smallest absolute Gasteiger partial charge is 0.0630 e. The number of rotatable bonds is 9. The first-order chi connectivity index (χ1) is 8.69. The van der Waals surface area contributed by atoms with Crippen molar-refractivity contribution >= 4 is 0 Å². The molecule has 0 aromatic carbocycles. The Balaban J connectivity index is 2.59. The summed E-state index contributed by atoms with van der Waals surface area (Å²) in [5.74, 6) is 0.784. The molecule has 18 heavy (non-hydrogen) atoms. The van der Waals surface area contributed by atoms with Gasteiger partial charge in [-0.2, -0.15) is 0 Å². The lowest BCUT2D eigenvalue weighted by atomic mass is 10.1. The fourth-order valence-electron chi connectivity index (χ4n) is 3.01. The topological polar surface area (TPSA) is 24.5 Å². The number of methoxy groups -OCH3 is 1. The zero-order valence-electron chi connectivity index (χ0n) is 12.7. The monoisotopic (exact) mass is 256 g/mol. The third-order valence-electron chi connectivity index (χ3n) is 4.03. The van der Waals surface area contributed by atoms with Crippen LogP contribution >= 0.6 is 0 Å². The maximum Gasteiger partial charge on any atom is 0.0630 e. The number of likely N-dealkylation sites (N-methyl/N-ethyl adjacent to an activating group) is 1. The van der Waals surface area contributed by atoms with E-state index in [4.69, 9.17) is 4.74 Å². The zero-order chi connectivity index (χ0) is 13.4. The summed E-state index contributed by atoms with van der Waals surface area (Å²) in [6.45, 7) is 7.72.